The molecule has 4 heteroatoms. The first-order chi connectivity index (χ1) is 8.56. The van der Waals surface area contributed by atoms with Gasteiger partial charge in [-0.3, -0.25) is 4.79 Å². The molecule has 1 aliphatic heterocycles. The van der Waals surface area contributed by atoms with E-state index in [-0.39, 0.29) is 24.0 Å². The van der Waals surface area contributed by atoms with Crippen molar-refractivity contribution >= 4 is 17.5 Å². The van der Waals surface area contributed by atoms with E-state index in [0.29, 0.717) is 11.4 Å². The Labute approximate surface area is 113 Å². The SMILES string of the molecule is CCC(C)N1C(=O)CC(N)C1c1ccccc1Cl. The van der Waals surface area contributed by atoms with Gasteiger partial charge in [0.25, 0.3) is 0 Å². The van der Waals surface area contributed by atoms with Crippen LogP contribution in [0, 0.1) is 0 Å². The second-order valence-electron chi connectivity index (χ2n) is 4.89. The molecule has 0 spiro atoms. The van der Waals surface area contributed by atoms with Crippen molar-refractivity contribution in [1.82, 2.24) is 4.90 Å². The lowest BCUT2D eigenvalue weighted by atomic mass is 9.99. The summed E-state index contributed by atoms with van der Waals surface area (Å²) in [5.41, 5.74) is 7.09. The molecule has 1 amide bonds. The number of benzene rings is 1. The van der Waals surface area contributed by atoms with Gasteiger partial charge in [0.15, 0.2) is 0 Å². The Morgan fingerprint density at radius 3 is 2.78 bits per heavy atom. The number of hydrogen-bond acceptors (Lipinski definition) is 2. The van der Waals surface area contributed by atoms with Crippen LogP contribution in [0.5, 0.6) is 0 Å². The summed E-state index contributed by atoms with van der Waals surface area (Å²) >= 11 is 6.24. The van der Waals surface area contributed by atoms with Crippen LogP contribution >= 0.6 is 11.6 Å². The molecule has 1 fully saturated rings. The molecule has 1 heterocycles. The van der Waals surface area contributed by atoms with Crippen molar-refractivity contribution in [3.05, 3.63) is 34.9 Å². The quantitative estimate of drug-likeness (QED) is 0.914. The minimum Gasteiger partial charge on any atom is -0.331 e. The number of carbonyl (C=O) groups excluding carboxylic acids is 1. The number of likely N-dealkylation sites (tertiary alicyclic amines) is 1. The van der Waals surface area contributed by atoms with Gasteiger partial charge in [-0.25, -0.2) is 0 Å². The summed E-state index contributed by atoms with van der Waals surface area (Å²) in [6, 6.07) is 7.55. The summed E-state index contributed by atoms with van der Waals surface area (Å²) in [4.78, 5) is 14.0. The first-order valence-electron chi connectivity index (χ1n) is 6.37. The maximum absolute atomic E-state index is 12.1. The van der Waals surface area contributed by atoms with Gasteiger partial charge >= 0.3 is 0 Å². The molecular formula is C14H19ClN2O. The minimum atomic E-state index is -0.175. The van der Waals surface area contributed by atoms with Gasteiger partial charge in [-0.1, -0.05) is 36.7 Å². The van der Waals surface area contributed by atoms with Crippen molar-refractivity contribution in [3.63, 3.8) is 0 Å². The van der Waals surface area contributed by atoms with Crippen LogP contribution in [0.3, 0.4) is 0 Å². The molecule has 0 saturated carbocycles. The highest BCUT2D eigenvalue weighted by atomic mass is 35.5. The molecule has 0 aliphatic carbocycles. The zero-order valence-electron chi connectivity index (χ0n) is 10.8. The molecule has 1 aromatic carbocycles. The lowest BCUT2D eigenvalue weighted by Crippen LogP contribution is -2.39. The molecule has 3 nitrogen and oxygen atoms in total. The van der Waals surface area contributed by atoms with Gasteiger partial charge in [-0.2, -0.15) is 0 Å². The van der Waals surface area contributed by atoms with Gasteiger partial charge in [0.05, 0.1) is 6.04 Å². The van der Waals surface area contributed by atoms with Gasteiger partial charge in [0, 0.05) is 23.5 Å². The Bertz CT molecular complexity index is 449. The van der Waals surface area contributed by atoms with E-state index in [9.17, 15) is 4.79 Å². The Morgan fingerprint density at radius 2 is 2.17 bits per heavy atom. The number of rotatable bonds is 3. The number of amides is 1. The third kappa shape index (κ3) is 2.25. The maximum atomic E-state index is 12.1. The summed E-state index contributed by atoms with van der Waals surface area (Å²) in [7, 11) is 0. The molecule has 98 valence electrons. The Kier molecular flexibility index (Phi) is 3.93. The van der Waals surface area contributed by atoms with Crippen LogP contribution < -0.4 is 5.73 Å². The van der Waals surface area contributed by atoms with Crippen molar-refractivity contribution in [2.45, 2.75) is 44.8 Å². The average Bonchev–Trinajstić information content (AvgIpc) is 2.64. The zero-order chi connectivity index (χ0) is 13.3. The second-order valence-corrected chi connectivity index (χ2v) is 5.30. The van der Waals surface area contributed by atoms with Crippen LogP contribution in [0.4, 0.5) is 0 Å². The van der Waals surface area contributed by atoms with Crippen LogP contribution in [0.2, 0.25) is 5.02 Å². The summed E-state index contributed by atoms with van der Waals surface area (Å²) in [5, 5.41) is 0.681. The summed E-state index contributed by atoms with van der Waals surface area (Å²) < 4.78 is 0. The van der Waals surface area contributed by atoms with Gasteiger partial charge in [0.2, 0.25) is 5.91 Å². The standard InChI is InChI=1S/C14H19ClN2O/c1-3-9(2)17-13(18)8-12(16)14(17)10-6-4-5-7-11(10)15/h4-7,9,12,14H,3,8,16H2,1-2H3. The third-order valence-electron chi connectivity index (χ3n) is 3.69. The molecule has 3 unspecified atom stereocenters. The molecule has 3 atom stereocenters. The van der Waals surface area contributed by atoms with E-state index in [4.69, 9.17) is 17.3 Å². The largest absolute Gasteiger partial charge is 0.331 e. The molecule has 0 aromatic heterocycles. The predicted molar refractivity (Wildman–Crippen MR) is 73.4 cm³/mol. The maximum Gasteiger partial charge on any atom is 0.225 e. The highest BCUT2D eigenvalue weighted by molar-refractivity contribution is 6.31. The number of nitrogens with two attached hydrogens (primary N) is 1. The zero-order valence-corrected chi connectivity index (χ0v) is 11.5. The van der Waals surface area contributed by atoms with Crippen molar-refractivity contribution in [3.8, 4) is 0 Å². The molecule has 1 saturated heterocycles. The molecule has 1 aliphatic rings. The average molecular weight is 267 g/mol. The summed E-state index contributed by atoms with van der Waals surface area (Å²) in [6.45, 7) is 4.13. The first-order valence-corrected chi connectivity index (χ1v) is 6.75. The minimum absolute atomic E-state index is 0.0962. The molecule has 18 heavy (non-hydrogen) atoms. The van der Waals surface area contributed by atoms with Gasteiger partial charge < -0.3 is 10.6 Å². The van der Waals surface area contributed by atoms with E-state index in [2.05, 4.69) is 13.8 Å². The number of hydrogen-bond donors (Lipinski definition) is 1. The first kappa shape index (κ1) is 13.4. The van der Waals surface area contributed by atoms with Crippen molar-refractivity contribution in [2.75, 3.05) is 0 Å². The van der Waals surface area contributed by atoms with Crippen LogP contribution in [0.25, 0.3) is 0 Å². The van der Waals surface area contributed by atoms with Gasteiger partial charge in [0.1, 0.15) is 0 Å². The summed E-state index contributed by atoms with van der Waals surface area (Å²) in [5.74, 6) is 0.127. The molecule has 2 rings (SSSR count). The van der Waals surface area contributed by atoms with E-state index >= 15 is 0 Å². The van der Waals surface area contributed by atoms with Crippen LogP contribution in [0.15, 0.2) is 24.3 Å². The molecule has 0 bridgehead atoms. The molecule has 0 radical (unpaired) electrons. The number of halogens is 1. The van der Waals surface area contributed by atoms with E-state index in [0.717, 1.165) is 12.0 Å². The van der Waals surface area contributed by atoms with Gasteiger partial charge in [-0.15, -0.1) is 0 Å². The third-order valence-corrected chi connectivity index (χ3v) is 4.04. The van der Waals surface area contributed by atoms with Gasteiger partial charge in [-0.05, 0) is 25.0 Å². The Balaban J connectivity index is 2.40. The van der Waals surface area contributed by atoms with E-state index in [1.807, 2.05) is 29.2 Å². The second kappa shape index (κ2) is 5.29. The van der Waals surface area contributed by atoms with E-state index < -0.39 is 0 Å². The Morgan fingerprint density at radius 1 is 1.50 bits per heavy atom. The topological polar surface area (TPSA) is 46.3 Å². The van der Waals surface area contributed by atoms with Crippen molar-refractivity contribution in [2.24, 2.45) is 5.73 Å². The highest BCUT2D eigenvalue weighted by Gasteiger charge is 2.41. The lowest BCUT2D eigenvalue weighted by molar-refractivity contribution is -0.131. The molecule has 2 N–H and O–H groups in total. The number of carbonyl (C=O) groups is 1. The van der Waals surface area contributed by atoms with Crippen LogP contribution in [-0.4, -0.2) is 22.9 Å². The van der Waals surface area contributed by atoms with Crippen LogP contribution in [-0.2, 0) is 4.79 Å². The summed E-state index contributed by atoms with van der Waals surface area (Å²) in [6.07, 6.45) is 1.32. The van der Waals surface area contributed by atoms with E-state index in [1.165, 1.54) is 0 Å². The van der Waals surface area contributed by atoms with Crippen molar-refractivity contribution in [1.29, 1.82) is 0 Å². The Hall–Kier alpha value is -1.06. The predicted octanol–water partition coefficient (Wildman–Crippen LogP) is 2.74. The number of nitrogens with zero attached hydrogens (tertiary/aromatic N) is 1. The molecular weight excluding hydrogens is 248 g/mol. The highest BCUT2D eigenvalue weighted by Crippen LogP contribution is 2.37. The fourth-order valence-electron chi connectivity index (χ4n) is 2.59. The fraction of sp³-hybridized carbons (Fsp3) is 0.500. The molecule has 1 aromatic rings. The van der Waals surface area contributed by atoms with E-state index in [1.54, 1.807) is 0 Å². The van der Waals surface area contributed by atoms with Crippen LogP contribution in [0.1, 0.15) is 38.3 Å². The fourth-order valence-corrected chi connectivity index (χ4v) is 2.84. The smallest absolute Gasteiger partial charge is 0.225 e. The monoisotopic (exact) mass is 266 g/mol. The normalized spacial score (nSPS) is 25.6. The van der Waals surface area contributed by atoms with Crippen molar-refractivity contribution < 1.29 is 4.79 Å². The lowest BCUT2D eigenvalue weighted by Gasteiger charge is -2.32.